The van der Waals surface area contributed by atoms with Crippen molar-refractivity contribution in [2.24, 2.45) is 5.92 Å². The molecule has 2 rings (SSSR count). The van der Waals surface area contributed by atoms with Crippen LogP contribution in [0.2, 0.25) is 0 Å². The van der Waals surface area contributed by atoms with E-state index in [4.69, 9.17) is 4.74 Å². The van der Waals surface area contributed by atoms with Crippen LogP contribution in [0.5, 0.6) is 11.5 Å². The van der Waals surface area contributed by atoms with Gasteiger partial charge < -0.3 is 19.7 Å². The zero-order chi connectivity index (χ0) is 16.8. The summed E-state index contributed by atoms with van der Waals surface area (Å²) in [5.41, 5.74) is 0.803. The summed E-state index contributed by atoms with van der Waals surface area (Å²) in [6, 6.07) is 4.75. The first-order valence-electron chi connectivity index (χ1n) is 7.67. The molecule has 7 heteroatoms. The van der Waals surface area contributed by atoms with Gasteiger partial charge in [-0.1, -0.05) is 6.07 Å². The van der Waals surface area contributed by atoms with Crippen LogP contribution in [0, 0.1) is 5.92 Å². The van der Waals surface area contributed by atoms with Crippen LogP contribution in [0.25, 0.3) is 0 Å². The molecule has 1 atom stereocenters. The summed E-state index contributed by atoms with van der Waals surface area (Å²) < 4.78 is 34.6. The first-order valence-corrected chi connectivity index (χ1v) is 7.67. The number of nitrogens with zero attached hydrogens (tertiary/aromatic N) is 1. The molecular weight excluding hydrogens is 306 g/mol. The van der Waals surface area contributed by atoms with Gasteiger partial charge in [0.15, 0.2) is 11.5 Å². The molecule has 0 spiro atoms. The number of carbonyl (C=O) groups excluding carboxylic acids is 1. The third kappa shape index (κ3) is 4.79. The van der Waals surface area contributed by atoms with Gasteiger partial charge in [-0.3, -0.25) is 4.79 Å². The number of halogens is 2. The third-order valence-electron chi connectivity index (χ3n) is 3.73. The molecule has 5 nitrogen and oxygen atoms in total. The Morgan fingerprint density at radius 1 is 1.43 bits per heavy atom. The molecule has 0 saturated carbocycles. The van der Waals surface area contributed by atoms with Crippen LogP contribution in [0.15, 0.2) is 18.2 Å². The molecular formula is C16H22F2N2O3. The number of rotatable bonds is 7. The number of hydrogen-bond donors (Lipinski definition) is 1. The predicted octanol–water partition coefficient (Wildman–Crippen LogP) is 2.25. The Morgan fingerprint density at radius 2 is 2.22 bits per heavy atom. The van der Waals surface area contributed by atoms with E-state index in [1.54, 1.807) is 31.0 Å². The molecule has 1 heterocycles. The van der Waals surface area contributed by atoms with Crippen molar-refractivity contribution in [2.75, 3.05) is 26.7 Å². The Balaban J connectivity index is 2.06. The fourth-order valence-electron chi connectivity index (χ4n) is 2.64. The van der Waals surface area contributed by atoms with Crippen LogP contribution in [0.1, 0.15) is 18.9 Å². The Morgan fingerprint density at radius 3 is 2.83 bits per heavy atom. The van der Waals surface area contributed by atoms with E-state index in [9.17, 15) is 13.6 Å². The smallest absolute Gasteiger partial charge is 0.387 e. The highest BCUT2D eigenvalue weighted by Crippen LogP contribution is 2.30. The minimum Gasteiger partial charge on any atom is -0.490 e. The molecule has 0 radical (unpaired) electrons. The van der Waals surface area contributed by atoms with Crippen molar-refractivity contribution >= 4 is 5.91 Å². The predicted molar refractivity (Wildman–Crippen MR) is 81.7 cm³/mol. The second-order valence-corrected chi connectivity index (χ2v) is 5.48. The van der Waals surface area contributed by atoms with Crippen LogP contribution in [0.3, 0.4) is 0 Å². The first kappa shape index (κ1) is 17.5. The normalized spacial score (nSPS) is 17.3. The molecule has 1 amide bonds. The number of benzene rings is 1. The molecule has 1 fully saturated rings. The topological polar surface area (TPSA) is 50.8 Å². The van der Waals surface area contributed by atoms with E-state index in [-0.39, 0.29) is 23.3 Å². The van der Waals surface area contributed by atoms with Crippen LogP contribution >= 0.6 is 0 Å². The Kier molecular flexibility index (Phi) is 6.15. The molecule has 1 aliphatic heterocycles. The molecule has 1 saturated heterocycles. The van der Waals surface area contributed by atoms with Crippen molar-refractivity contribution in [2.45, 2.75) is 26.5 Å². The number of nitrogens with one attached hydrogen (secondary N) is 1. The van der Waals surface area contributed by atoms with Crippen LogP contribution in [0.4, 0.5) is 8.78 Å². The van der Waals surface area contributed by atoms with E-state index in [1.807, 2.05) is 0 Å². The Bertz CT molecular complexity index is 534. The molecule has 1 unspecified atom stereocenters. The average Bonchev–Trinajstić information content (AvgIpc) is 3.03. The van der Waals surface area contributed by atoms with E-state index < -0.39 is 6.61 Å². The summed E-state index contributed by atoms with van der Waals surface area (Å²) in [6.45, 7) is 1.16. The number of ether oxygens (including phenoxy) is 2. The summed E-state index contributed by atoms with van der Waals surface area (Å²) in [5, 5.41) is 3.17. The molecule has 0 aromatic heterocycles. The fraction of sp³-hybridized carbons (Fsp3) is 0.562. The van der Waals surface area contributed by atoms with Gasteiger partial charge in [0.1, 0.15) is 0 Å². The Labute approximate surface area is 134 Å². The summed E-state index contributed by atoms with van der Waals surface area (Å²) in [4.78, 5) is 14.0. The number of alkyl halides is 2. The second-order valence-electron chi connectivity index (χ2n) is 5.48. The average molecular weight is 328 g/mol. The monoisotopic (exact) mass is 328 g/mol. The number of amides is 1. The van der Waals surface area contributed by atoms with Gasteiger partial charge in [-0.15, -0.1) is 0 Å². The maximum Gasteiger partial charge on any atom is 0.387 e. The number of hydrogen-bond acceptors (Lipinski definition) is 4. The van der Waals surface area contributed by atoms with Crippen molar-refractivity contribution in [1.29, 1.82) is 0 Å². The lowest BCUT2D eigenvalue weighted by Crippen LogP contribution is -2.33. The van der Waals surface area contributed by atoms with Gasteiger partial charge in [0.2, 0.25) is 5.91 Å². The molecule has 1 N–H and O–H groups in total. The highest BCUT2D eigenvalue weighted by atomic mass is 19.3. The van der Waals surface area contributed by atoms with Crippen LogP contribution in [-0.2, 0) is 11.3 Å². The van der Waals surface area contributed by atoms with Crippen molar-refractivity contribution in [3.8, 4) is 11.5 Å². The molecule has 1 aliphatic rings. The quantitative estimate of drug-likeness (QED) is 0.834. The van der Waals surface area contributed by atoms with Gasteiger partial charge in [0, 0.05) is 20.1 Å². The van der Waals surface area contributed by atoms with Crippen molar-refractivity contribution in [1.82, 2.24) is 10.2 Å². The molecule has 0 aliphatic carbocycles. The zero-order valence-electron chi connectivity index (χ0n) is 13.4. The van der Waals surface area contributed by atoms with Gasteiger partial charge in [-0.2, -0.15) is 8.78 Å². The van der Waals surface area contributed by atoms with Gasteiger partial charge in [-0.05, 0) is 37.6 Å². The molecule has 1 aromatic rings. The minimum atomic E-state index is -2.90. The first-order chi connectivity index (χ1) is 11.0. The lowest BCUT2D eigenvalue weighted by atomic mass is 10.1. The minimum absolute atomic E-state index is 0.000396. The lowest BCUT2D eigenvalue weighted by Gasteiger charge is -2.21. The zero-order valence-corrected chi connectivity index (χ0v) is 13.4. The Hall–Kier alpha value is -1.89. The standard InChI is InChI=1S/C16H22F2N2O3/c1-3-22-14-8-11(4-5-13(14)23-16(17)18)10-20(2)15(21)12-6-7-19-9-12/h4-5,8,12,16,19H,3,6-7,9-10H2,1-2H3. The third-order valence-corrected chi connectivity index (χ3v) is 3.73. The largest absolute Gasteiger partial charge is 0.490 e. The number of carbonyl (C=O) groups is 1. The summed E-state index contributed by atoms with van der Waals surface area (Å²) >= 11 is 0. The van der Waals surface area contributed by atoms with E-state index in [0.29, 0.717) is 19.7 Å². The fourth-order valence-corrected chi connectivity index (χ4v) is 2.64. The SMILES string of the molecule is CCOc1cc(CN(C)C(=O)C2CCNC2)ccc1OC(F)F. The summed E-state index contributed by atoms with van der Waals surface area (Å²) in [7, 11) is 1.74. The highest BCUT2D eigenvalue weighted by Gasteiger charge is 2.25. The van der Waals surface area contributed by atoms with E-state index >= 15 is 0 Å². The molecule has 0 bridgehead atoms. The highest BCUT2D eigenvalue weighted by molar-refractivity contribution is 5.79. The van der Waals surface area contributed by atoms with Gasteiger partial charge in [-0.25, -0.2) is 0 Å². The lowest BCUT2D eigenvalue weighted by molar-refractivity contribution is -0.134. The maximum absolute atomic E-state index is 12.4. The molecule has 1 aromatic carbocycles. The van der Waals surface area contributed by atoms with E-state index in [0.717, 1.165) is 18.5 Å². The van der Waals surface area contributed by atoms with Gasteiger partial charge >= 0.3 is 6.61 Å². The molecule has 128 valence electrons. The summed E-state index contributed by atoms with van der Waals surface area (Å²) in [6.07, 6.45) is 0.842. The van der Waals surface area contributed by atoms with Crippen molar-refractivity contribution in [3.05, 3.63) is 23.8 Å². The summed E-state index contributed by atoms with van der Waals surface area (Å²) in [5.74, 6) is 0.349. The van der Waals surface area contributed by atoms with Crippen LogP contribution in [-0.4, -0.2) is 44.2 Å². The molecule has 23 heavy (non-hydrogen) atoms. The second kappa shape index (κ2) is 8.10. The van der Waals surface area contributed by atoms with Crippen molar-refractivity contribution in [3.63, 3.8) is 0 Å². The van der Waals surface area contributed by atoms with E-state index in [1.165, 1.54) is 6.07 Å². The van der Waals surface area contributed by atoms with Gasteiger partial charge in [0.25, 0.3) is 0 Å². The van der Waals surface area contributed by atoms with E-state index in [2.05, 4.69) is 10.1 Å². The maximum atomic E-state index is 12.4. The van der Waals surface area contributed by atoms with Gasteiger partial charge in [0.05, 0.1) is 12.5 Å². The van der Waals surface area contributed by atoms with Crippen molar-refractivity contribution < 1.29 is 23.0 Å². The van der Waals surface area contributed by atoms with Crippen LogP contribution < -0.4 is 14.8 Å².